The second-order valence-corrected chi connectivity index (χ2v) is 10.1. The Kier molecular flexibility index (Phi) is 9.58. The lowest BCUT2D eigenvalue weighted by molar-refractivity contribution is 0.0525. The Morgan fingerprint density at radius 2 is 1.46 bits per heavy atom. The highest BCUT2D eigenvalue weighted by Gasteiger charge is 2.29. The monoisotopic (exact) mass is 480 g/mol. The molecule has 1 aliphatic rings. The molecule has 0 heterocycles. The van der Waals surface area contributed by atoms with Gasteiger partial charge >= 0.3 is 12.2 Å². The first-order valence-corrected chi connectivity index (χ1v) is 12.9. The summed E-state index contributed by atoms with van der Waals surface area (Å²) in [6, 6.07) is 16.7. The average Bonchev–Trinajstić information content (AvgIpc) is 3.14. The van der Waals surface area contributed by atoms with Crippen LogP contribution in [0, 0.1) is 0 Å². The van der Waals surface area contributed by atoms with Gasteiger partial charge in [0.25, 0.3) is 0 Å². The molecule has 35 heavy (non-hydrogen) atoms. The SMILES string of the molecule is CCCCCN(CCCCNC(=O)OC(C)(C)C)C(=O)OCC1c2ccccc2-c2ccccc21. The van der Waals surface area contributed by atoms with Crippen LogP contribution in [-0.2, 0) is 9.47 Å². The summed E-state index contributed by atoms with van der Waals surface area (Å²) in [5, 5.41) is 2.78. The van der Waals surface area contributed by atoms with Crippen LogP contribution in [0.1, 0.15) is 76.8 Å². The predicted molar refractivity (Wildman–Crippen MR) is 140 cm³/mol. The van der Waals surface area contributed by atoms with Gasteiger partial charge in [-0.1, -0.05) is 68.3 Å². The van der Waals surface area contributed by atoms with E-state index in [2.05, 4.69) is 48.6 Å². The van der Waals surface area contributed by atoms with Gasteiger partial charge in [-0.25, -0.2) is 9.59 Å². The minimum atomic E-state index is -0.510. The molecule has 0 spiro atoms. The summed E-state index contributed by atoms with van der Waals surface area (Å²) in [5.41, 5.74) is 4.37. The lowest BCUT2D eigenvalue weighted by Crippen LogP contribution is -2.35. The molecule has 1 aliphatic carbocycles. The summed E-state index contributed by atoms with van der Waals surface area (Å²) >= 11 is 0. The minimum Gasteiger partial charge on any atom is -0.448 e. The number of benzene rings is 2. The van der Waals surface area contributed by atoms with Crippen LogP contribution in [0.3, 0.4) is 0 Å². The van der Waals surface area contributed by atoms with Crippen molar-refractivity contribution in [2.45, 2.75) is 71.3 Å². The van der Waals surface area contributed by atoms with Gasteiger partial charge < -0.3 is 19.7 Å². The van der Waals surface area contributed by atoms with Crippen molar-refractivity contribution in [1.82, 2.24) is 10.2 Å². The van der Waals surface area contributed by atoms with Crippen LogP contribution < -0.4 is 5.32 Å². The lowest BCUT2D eigenvalue weighted by Gasteiger charge is -2.24. The average molecular weight is 481 g/mol. The van der Waals surface area contributed by atoms with Crippen LogP contribution in [0.15, 0.2) is 48.5 Å². The van der Waals surface area contributed by atoms with Crippen LogP contribution in [0.4, 0.5) is 9.59 Å². The maximum Gasteiger partial charge on any atom is 0.409 e. The third-order valence-electron chi connectivity index (χ3n) is 6.15. The lowest BCUT2D eigenvalue weighted by atomic mass is 9.98. The van der Waals surface area contributed by atoms with Gasteiger partial charge in [-0.2, -0.15) is 0 Å². The van der Waals surface area contributed by atoms with E-state index < -0.39 is 11.7 Å². The molecule has 6 heteroatoms. The van der Waals surface area contributed by atoms with Crippen LogP contribution in [0.25, 0.3) is 11.1 Å². The molecule has 0 aliphatic heterocycles. The van der Waals surface area contributed by atoms with Crippen molar-refractivity contribution in [2.75, 3.05) is 26.2 Å². The molecule has 0 aromatic heterocycles. The summed E-state index contributed by atoms with van der Waals surface area (Å²) in [6.45, 7) is 9.82. The Morgan fingerprint density at radius 3 is 2.03 bits per heavy atom. The van der Waals surface area contributed by atoms with Crippen LogP contribution in [-0.4, -0.2) is 48.9 Å². The quantitative estimate of drug-likeness (QED) is 0.362. The van der Waals surface area contributed by atoms with Crippen molar-refractivity contribution in [3.8, 4) is 11.1 Å². The first-order chi connectivity index (χ1) is 16.8. The number of hydrogen-bond donors (Lipinski definition) is 1. The molecule has 0 bridgehead atoms. The smallest absolute Gasteiger partial charge is 0.409 e. The first-order valence-electron chi connectivity index (χ1n) is 12.9. The Hall–Kier alpha value is -3.02. The standard InChI is InChI=1S/C29H40N2O4/c1-5-6-12-19-31(20-13-11-18-30-27(32)35-29(2,3)4)28(33)34-21-26-24-16-9-7-14-22(24)23-15-8-10-17-25(23)26/h7-10,14-17,26H,5-6,11-13,18-21H2,1-4H3,(H,30,32). The van der Waals surface area contributed by atoms with E-state index in [1.165, 1.54) is 22.3 Å². The number of unbranched alkanes of at least 4 members (excludes halogenated alkanes) is 3. The van der Waals surface area contributed by atoms with Gasteiger partial charge in [0, 0.05) is 25.6 Å². The highest BCUT2D eigenvalue weighted by Crippen LogP contribution is 2.44. The van der Waals surface area contributed by atoms with Crippen LogP contribution >= 0.6 is 0 Å². The van der Waals surface area contributed by atoms with Gasteiger partial charge in [-0.05, 0) is 62.3 Å². The number of carbonyl (C=O) groups excluding carboxylic acids is 2. The molecule has 2 aromatic carbocycles. The number of carbonyl (C=O) groups is 2. The maximum absolute atomic E-state index is 13.1. The molecule has 6 nitrogen and oxygen atoms in total. The minimum absolute atomic E-state index is 0.0573. The zero-order valence-corrected chi connectivity index (χ0v) is 21.6. The van der Waals surface area contributed by atoms with Gasteiger partial charge in [0.2, 0.25) is 0 Å². The van der Waals surface area contributed by atoms with Crippen molar-refractivity contribution in [1.29, 1.82) is 0 Å². The van der Waals surface area contributed by atoms with Crippen LogP contribution in [0.5, 0.6) is 0 Å². The van der Waals surface area contributed by atoms with Gasteiger partial charge in [-0.3, -0.25) is 0 Å². The molecule has 0 saturated heterocycles. The summed E-state index contributed by atoms with van der Waals surface area (Å²) < 4.78 is 11.1. The number of nitrogens with one attached hydrogen (secondary N) is 1. The Morgan fingerprint density at radius 1 is 0.886 bits per heavy atom. The zero-order chi connectivity index (χ0) is 25.3. The van der Waals surface area contributed by atoms with Crippen LogP contribution in [0.2, 0.25) is 0 Å². The number of fused-ring (bicyclic) bond motifs is 3. The van der Waals surface area contributed by atoms with Crippen molar-refractivity contribution in [2.24, 2.45) is 0 Å². The van der Waals surface area contributed by atoms with E-state index in [4.69, 9.17) is 9.47 Å². The van der Waals surface area contributed by atoms with Crippen molar-refractivity contribution < 1.29 is 19.1 Å². The summed E-state index contributed by atoms with van der Waals surface area (Å²) in [4.78, 5) is 26.7. The molecular weight excluding hydrogens is 440 g/mol. The molecule has 2 aromatic rings. The van der Waals surface area contributed by atoms with Gasteiger partial charge in [0.05, 0.1) is 0 Å². The van der Waals surface area contributed by atoms with E-state index in [-0.39, 0.29) is 12.0 Å². The molecular formula is C29H40N2O4. The first kappa shape index (κ1) is 26.6. The number of alkyl carbamates (subject to hydrolysis) is 1. The van der Waals surface area contributed by atoms with E-state index in [9.17, 15) is 9.59 Å². The van der Waals surface area contributed by atoms with Gasteiger partial charge in [0.15, 0.2) is 0 Å². The van der Waals surface area contributed by atoms with Gasteiger partial charge in [-0.15, -0.1) is 0 Å². The highest BCUT2D eigenvalue weighted by molar-refractivity contribution is 5.79. The van der Waals surface area contributed by atoms with E-state index in [0.29, 0.717) is 26.2 Å². The molecule has 0 saturated carbocycles. The molecule has 2 amide bonds. The molecule has 190 valence electrons. The van der Waals surface area contributed by atoms with Crippen molar-refractivity contribution >= 4 is 12.2 Å². The number of nitrogens with zero attached hydrogens (tertiary/aromatic N) is 1. The molecule has 1 N–H and O–H groups in total. The van der Waals surface area contributed by atoms with E-state index in [0.717, 1.165) is 32.1 Å². The molecule has 0 unspecified atom stereocenters. The van der Waals surface area contributed by atoms with Gasteiger partial charge in [0.1, 0.15) is 12.2 Å². The topological polar surface area (TPSA) is 67.9 Å². The largest absolute Gasteiger partial charge is 0.448 e. The fourth-order valence-corrected chi connectivity index (χ4v) is 4.46. The fraction of sp³-hybridized carbons (Fsp3) is 0.517. The second kappa shape index (κ2) is 12.6. The number of rotatable bonds is 11. The number of ether oxygens (including phenoxy) is 2. The summed E-state index contributed by atoms with van der Waals surface area (Å²) in [5.74, 6) is 0.0573. The summed E-state index contributed by atoms with van der Waals surface area (Å²) in [7, 11) is 0. The summed E-state index contributed by atoms with van der Waals surface area (Å²) in [6.07, 6.45) is 4.01. The zero-order valence-electron chi connectivity index (χ0n) is 21.6. The molecule has 0 atom stereocenters. The number of amides is 2. The van der Waals surface area contributed by atoms with Crippen molar-refractivity contribution in [3.63, 3.8) is 0 Å². The third kappa shape index (κ3) is 7.74. The second-order valence-electron chi connectivity index (χ2n) is 10.1. The van der Waals surface area contributed by atoms with E-state index in [1.807, 2.05) is 37.8 Å². The normalized spacial score (nSPS) is 12.6. The predicted octanol–water partition coefficient (Wildman–Crippen LogP) is 6.73. The van der Waals surface area contributed by atoms with E-state index >= 15 is 0 Å². The Bertz CT molecular complexity index is 937. The Labute approximate surface area is 210 Å². The molecule has 3 rings (SSSR count). The Balaban J connectivity index is 1.52. The molecule has 0 fully saturated rings. The molecule has 0 radical (unpaired) electrons. The number of hydrogen-bond acceptors (Lipinski definition) is 4. The van der Waals surface area contributed by atoms with Crippen molar-refractivity contribution in [3.05, 3.63) is 59.7 Å². The maximum atomic E-state index is 13.1. The third-order valence-corrected chi connectivity index (χ3v) is 6.15. The van der Waals surface area contributed by atoms with E-state index in [1.54, 1.807) is 0 Å². The highest BCUT2D eigenvalue weighted by atomic mass is 16.6. The fourth-order valence-electron chi connectivity index (χ4n) is 4.46.